The van der Waals surface area contributed by atoms with E-state index in [-0.39, 0.29) is 23.8 Å². The highest BCUT2D eigenvalue weighted by atomic mass is 35.5. The average molecular weight is 486 g/mol. The summed E-state index contributed by atoms with van der Waals surface area (Å²) in [6, 6.07) is 13.4. The normalized spacial score (nSPS) is 15.1. The largest absolute Gasteiger partial charge is 0.484 e. The maximum Gasteiger partial charge on any atom is 0.262 e. The molecule has 0 bridgehead atoms. The van der Waals surface area contributed by atoms with Crippen LogP contribution in [0.2, 0.25) is 5.02 Å². The van der Waals surface area contributed by atoms with Crippen LogP contribution < -0.4 is 15.0 Å². The van der Waals surface area contributed by atoms with E-state index in [0.717, 1.165) is 25.2 Å². The third kappa shape index (κ3) is 6.66. The Hall–Kier alpha value is -2.73. The number of benzene rings is 2. The maximum absolute atomic E-state index is 12.5. The number of carbonyl (C=O) groups is 2. The summed E-state index contributed by atoms with van der Waals surface area (Å²) in [6.07, 6.45) is 1.08. The van der Waals surface area contributed by atoms with Crippen molar-refractivity contribution >= 4 is 34.8 Å². The van der Waals surface area contributed by atoms with Gasteiger partial charge in [0.15, 0.2) is 6.61 Å². The monoisotopic (exact) mass is 485 g/mol. The quantitative estimate of drug-likeness (QED) is 0.557. The van der Waals surface area contributed by atoms with Crippen LogP contribution in [-0.2, 0) is 9.59 Å². The van der Waals surface area contributed by atoms with E-state index >= 15 is 0 Å². The first-order valence-corrected chi connectivity index (χ1v) is 12.3. The molecule has 2 aromatic rings. The highest BCUT2D eigenvalue weighted by molar-refractivity contribution is 6.33. The third-order valence-electron chi connectivity index (χ3n) is 6.21. The molecule has 0 aliphatic carbocycles. The van der Waals surface area contributed by atoms with Crippen LogP contribution in [0, 0.1) is 5.41 Å². The lowest BCUT2D eigenvalue weighted by Gasteiger charge is -2.39. The second-order valence-electron chi connectivity index (χ2n) is 9.91. The fraction of sp³-hybridized carbons (Fsp3) is 0.481. The van der Waals surface area contributed by atoms with E-state index in [1.165, 1.54) is 5.56 Å². The van der Waals surface area contributed by atoms with Gasteiger partial charge in [-0.2, -0.15) is 0 Å². The molecule has 1 heterocycles. The fourth-order valence-corrected chi connectivity index (χ4v) is 4.24. The van der Waals surface area contributed by atoms with Crippen molar-refractivity contribution in [2.75, 3.05) is 43.0 Å². The zero-order chi connectivity index (χ0) is 24.9. The Morgan fingerprint density at radius 3 is 2.26 bits per heavy atom. The second kappa shape index (κ2) is 11.1. The lowest BCUT2D eigenvalue weighted by molar-refractivity contribution is -0.139. The van der Waals surface area contributed by atoms with Gasteiger partial charge in [0.2, 0.25) is 5.91 Å². The summed E-state index contributed by atoms with van der Waals surface area (Å²) in [5, 5.41) is 3.41. The predicted molar refractivity (Wildman–Crippen MR) is 139 cm³/mol. The van der Waals surface area contributed by atoms with E-state index in [0.29, 0.717) is 35.5 Å². The van der Waals surface area contributed by atoms with Crippen LogP contribution in [0.1, 0.15) is 52.5 Å². The molecule has 0 spiro atoms. The molecule has 0 aromatic heterocycles. The Kier molecular flexibility index (Phi) is 8.47. The standard InChI is InChI=1S/C27H36ClN3O3/c1-6-19(2)20-7-10-22(11-8-20)34-18-25(32)29-21-9-12-24(23(28)17-21)30-13-15-31(16-14-30)26(33)27(3,4)5/h7-12,17,19H,6,13-16,18H2,1-5H3,(H,29,32). The summed E-state index contributed by atoms with van der Waals surface area (Å²) in [4.78, 5) is 29.0. The number of anilines is 2. The molecule has 1 saturated heterocycles. The zero-order valence-corrected chi connectivity index (χ0v) is 21.6. The Morgan fingerprint density at radius 1 is 1.06 bits per heavy atom. The summed E-state index contributed by atoms with van der Waals surface area (Å²) < 4.78 is 5.63. The number of amides is 2. The van der Waals surface area contributed by atoms with E-state index in [4.69, 9.17) is 16.3 Å². The van der Waals surface area contributed by atoms with Gasteiger partial charge in [0.05, 0.1) is 10.7 Å². The Labute approximate surface area is 208 Å². The van der Waals surface area contributed by atoms with Gasteiger partial charge < -0.3 is 19.9 Å². The number of piperazine rings is 1. The first kappa shape index (κ1) is 25.9. The van der Waals surface area contributed by atoms with Gasteiger partial charge in [0.25, 0.3) is 5.91 Å². The Balaban J connectivity index is 1.51. The summed E-state index contributed by atoms with van der Waals surface area (Å²) in [6.45, 7) is 12.9. The molecule has 0 saturated carbocycles. The number of nitrogens with zero attached hydrogens (tertiary/aromatic N) is 2. The molecule has 1 atom stereocenters. The number of hydrogen-bond donors (Lipinski definition) is 1. The smallest absolute Gasteiger partial charge is 0.262 e. The lowest BCUT2D eigenvalue weighted by atomic mass is 9.94. The first-order valence-electron chi connectivity index (χ1n) is 11.9. The van der Waals surface area contributed by atoms with E-state index in [1.54, 1.807) is 6.07 Å². The lowest BCUT2D eigenvalue weighted by Crippen LogP contribution is -2.51. The van der Waals surface area contributed by atoms with Crippen molar-refractivity contribution in [3.05, 3.63) is 53.1 Å². The van der Waals surface area contributed by atoms with Gasteiger partial charge in [-0.25, -0.2) is 0 Å². The minimum absolute atomic E-state index is 0.0776. The maximum atomic E-state index is 12.5. The van der Waals surface area contributed by atoms with Gasteiger partial charge in [0.1, 0.15) is 5.75 Å². The van der Waals surface area contributed by atoms with Crippen molar-refractivity contribution in [2.24, 2.45) is 5.41 Å². The van der Waals surface area contributed by atoms with Crippen molar-refractivity contribution in [2.45, 2.75) is 47.0 Å². The molecule has 1 N–H and O–H groups in total. The molecule has 1 fully saturated rings. The molecule has 1 unspecified atom stereocenters. The minimum atomic E-state index is -0.375. The van der Waals surface area contributed by atoms with Gasteiger partial charge >= 0.3 is 0 Å². The summed E-state index contributed by atoms with van der Waals surface area (Å²) in [5.41, 5.74) is 2.41. The van der Waals surface area contributed by atoms with Gasteiger partial charge in [-0.05, 0) is 48.2 Å². The van der Waals surface area contributed by atoms with Crippen LogP contribution in [0.4, 0.5) is 11.4 Å². The van der Waals surface area contributed by atoms with Crippen LogP contribution in [0.15, 0.2) is 42.5 Å². The van der Waals surface area contributed by atoms with E-state index in [9.17, 15) is 9.59 Å². The molecule has 1 aliphatic heterocycles. The van der Waals surface area contributed by atoms with Crippen molar-refractivity contribution in [1.82, 2.24) is 4.90 Å². The second-order valence-corrected chi connectivity index (χ2v) is 10.3. The molecule has 6 nitrogen and oxygen atoms in total. The molecular weight excluding hydrogens is 450 g/mol. The van der Waals surface area contributed by atoms with Crippen LogP contribution in [-0.4, -0.2) is 49.5 Å². The number of carbonyl (C=O) groups excluding carboxylic acids is 2. The topological polar surface area (TPSA) is 61.9 Å². The molecular formula is C27H36ClN3O3. The highest BCUT2D eigenvalue weighted by Gasteiger charge is 2.30. The SMILES string of the molecule is CCC(C)c1ccc(OCC(=O)Nc2ccc(N3CCN(C(=O)C(C)(C)C)CC3)c(Cl)c2)cc1. The van der Waals surface area contributed by atoms with E-state index in [1.807, 2.05) is 62.1 Å². The van der Waals surface area contributed by atoms with Crippen LogP contribution in [0.25, 0.3) is 0 Å². The number of halogens is 1. The van der Waals surface area contributed by atoms with Gasteiger partial charge in [0, 0.05) is 37.3 Å². The number of rotatable bonds is 7. The molecule has 2 amide bonds. The molecule has 184 valence electrons. The van der Waals surface area contributed by atoms with Gasteiger partial charge in [-0.15, -0.1) is 0 Å². The number of ether oxygens (including phenoxy) is 1. The van der Waals surface area contributed by atoms with Crippen LogP contribution in [0.5, 0.6) is 5.75 Å². The minimum Gasteiger partial charge on any atom is -0.484 e. The molecule has 1 aliphatic rings. The molecule has 2 aromatic carbocycles. The number of hydrogen-bond acceptors (Lipinski definition) is 4. The van der Waals surface area contributed by atoms with Crippen LogP contribution in [0.3, 0.4) is 0 Å². The van der Waals surface area contributed by atoms with E-state index < -0.39 is 0 Å². The van der Waals surface area contributed by atoms with Crippen molar-refractivity contribution < 1.29 is 14.3 Å². The van der Waals surface area contributed by atoms with Crippen molar-refractivity contribution in [3.8, 4) is 5.75 Å². The zero-order valence-electron chi connectivity index (χ0n) is 20.9. The van der Waals surface area contributed by atoms with Crippen molar-refractivity contribution in [3.63, 3.8) is 0 Å². The van der Waals surface area contributed by atoms with Crippen LogP contribution >= 0.6 is 11.6 Å². The summed E-state index contributed by atoms with van der Waals surface area (Å²) >= 11 is 6.54. The first-order chi connectivity index (χ1) is 16.1. The number of nitrogens with one attached hydrogen (secondary N) is 1. The Bertz CT molecular complexity index is 993. The third-order valence-corrected chi connectivity index (χ3v) is 6.51. The summed E-state index contributed by atoms with van der Waals surface area (Å²) in [5.74, 6) is 1.09. The molecule has 3 rings (SSSR count). The predicted octanol–water partition coefficient (Wildman–Crippen LogP) is 5.57. The van der Waals surface area contributed by atoms with Crippen molar-refractivity contribution in [1.29, 1.82) is 0 Å². The fourth-order valence-electron chi connectivity index (χ4n) is 3.94. The highest BCUT2D eigenvalue weighted by Crippen LogP contribution is 2.30. The molecule has 0 radical (unpaired) electrons. The van der Waals surface area contributed by atoms with Gasteiger partial charge in [-0.1, -0.05) is 58.4 Å². The Morgan fingerprint density at radius 2 is 1.71 bits per heavy atom. The molecule has 7 heteroatoms. The summed E-state index contributed by atoms with van der Waals surface area (Å²) in [7, 11) is 0. The molecule has 34 heavy (non-hydrogen) atoms. The van der Waals surface area contributed by atoms with E-state index in [2.05, 4.69) is 24.1 Å². The average Bonchev–Trinajstić information content (AvgIpc) is 2.82. The van der Waals surface area contributed by atoms with Gasteiger partial charge in [-0.3, -0.25) is 9.59 Å².